The van der Waals surface area contributed by atoms with Gasteiger partial charge in [0.1, 0.15) is 0 Å². The Labute approximate surface area is 233 Å². The lowest BCUT2D eigenvalue weighted by molar-refractivity contribution is -0.384. The number of rotatable bonds is 11. The van der Waals surface area contributed by atoms with E-state index in [0.29, 0.717) is 39.5 Å². The molecule has 202 valence electrons. The molecule has 11 nitrogen and oxygen atoms in total. The molecule has 0 radical (unpaired) electrons. The molecule has 39 heavy (non-hydrogen) atoms. The van der Waals surface area contributed by atoms with Gasteiger partial charge in [-0.15, -0.1) is 21.5 Å². The molecule has 0 fully saturated rings. The van der Waals surface area contributed by atoms with E-state index in [9.17, 15) is 19.7 Å². The minimum absolute atomic E-state index is 0.0266. The van der Waals surface area contributed by atoms with E-state index < -0.39 is 4.92 Å². The van der Waals surface area contributed by atoms with Gasteiger partial charge in [0.05, 0.1) is 22.4 Å². The third kappa shape index (κ3) is 6.86. The molecule has 2 N–H and O–H groups in total. The molecule has 0 saturated heterocycles. The van der Waals surface area contributed by atoms with Crippen LogP contribution >= 0.6 is 23.1 Å². The summed E-state index contributed by atoms with van der Waals surface area (Å²) in [5.41, 5.74) is 1.67. The maximum atomic E-state index is 12.8. The van der Waals surface area contributed by atoms with Crippen LogP contribution in [0.25, 0.3) is 11.3 Å². The van der Waals surface area contributed by atoms with Crippen LogP contribution in [-0.4, -0.2) is 42.2 Å². The summed E-state index contributed by atoms with van der Waals surface area (Å²) in [7, 11) is 0. The lowest BCUT2D eigenvalue weighted by Crippen LogP contribution is -2.33. The third-order valence-electron chi connectivity index (χ3n) is 5.76. The lowest BCUT2D eigenvalue weighted by Gasteiger charge is -2.22. The Morgan fingerprint density at radius 1 is 1.13 bits per heavy atom. The Hall–Kier alpha value is -4.10. The maximum absolute atomic E-state index is 12.8. The summed E-state index contributed by atoms with van der Waals surface area (Å²) in [4.78, 5) is 40.4. The van der Waals surface area contributed by atoms with Crippen LogP contribution in [0.5, 0.6) is 0 Å². The van der Waals surface area contributed by atoms with Crippen molar-refractivity contribution in [2.45, 2.75) is 38.5 Å². The van der Waals surface area contributed by atoms with Crippen LogP contribution in [0.2, 0.25) is 0 Å². The quantitative estimate of drug-likeness (QED) is 0.144. The van der Waals surface area contributed by atoms with Crippen LogP contribution in [0.1, 0.15) is 43.0 Å². The van der Waals surface area contributed by atoms with Gasteiger partial charge in [-0.05, 0) is 25.0 Å². The van der Waals surface area contributed by atoms with E-state index in [4.69, 9.17) is 0 Å². The van der Waals surface area contributed by atoms with Crippen LogP contribution in [-0.2, 0) is 11.3 Å². The second kappa shape index (κ2) is 12.6. The second-order valence-corrected chi connectivity index (χ2v) is 10.6. The molecule has 0 aliphatic rings. The summed E-state index contributed by atoms with van der Waals surface area (Å²) < 4.78 is 1.90. The molecular weight excluding hydrogens is 538 g/mol. The number of thioether (sulfide) groups is 1. The highest BCUT2D eigenvalue weighted by Crippen LogP contribution is 2.28. The molecule has 1 atom stereocenters. The Bertz CT molecular complexity index is 1470. The molecule has 0 aliphatic carbocycles. The van der Waals surface area contributed by atoms with Crippen molar-refractivity contribution >= 4 is 45.7 Å². The molecule has 2 heterocycles. The van der Waals surface area contributed by atoms with E-state index in [0.717, 1.165) is 0 Å². The van der Waals surface area contributed by atoms with Crippen molar-refractivity contribution in [3.05, 3.63) is 81.5 Å². The summed E-state index contributed by atoms with van der Waals surface area (Å²) >= 11 is 2.47. The fraction of sp³-hybridized carbons (Fsp3) is 0.269. The number of carbonyl (C=O) groups excluding carboxylic acids is 2. The van der Waals surface area contributed by atoms with Gasteiger partial charge in [-0.2, -0.15) is 0 Å². The van der Waals surface area contributed by atoms with Crippen molar-refractivity contribution in [3.8, 4) is 11.3 Å². The number of hydrogen-bond donors (Lipinski definition) is 2. The molecule has 13 heteroatoms. The van der Waals surface area contributed by atoms with Gasteiger partial charge in [0.2, 0.25) is 5.91 Å². The highest BCUT2D eigenvalue weighted by Gasteiger charge is 2.26. The topological polar surface area (TPSA) is 145 Å². The van der Waals surface area contributed by atoms with Gasteiger partial charge in [0.15, 0.2) is 16.1 Å². The predicted molar refractivity (Wildman–Crippen MR) is 151 cm³/mol. The highest BCUT2D eigenvalue weighted by atomic mass is 32.2. The number of nitro benzene ring substituents is 1. The standard InChI is InChI=1S/C26H27N7O4S2/c1-4-32-23(22(16(2)3)29-24(35)17-9-6-5-7-10-17)30-31-26(32)39-15-21(34)28-25-27-20(14-38-25)18-11-8-12-19(13-18)33(36)37/h5-14,16,22H,4,15H2,1-3H3,(H,29,35)(H,27,28,34)/t22-/m1/s1. The zero-order valence-corrected chi connectivity index (χ0v) is 23.2. The van der Waals surface area contributed by atoms with Crippen molar-refractivity contribution in [1.29, 1.82) is 0 Å². The number of benzene rings is 2. The number of non-ortho nitro benzene ring substituents is 1. The van der Waals surface area contributed by atoms with Gasteiger partial charge in [-0.1, -0.05) is 55.9 Å². The minimum atomic E-state index is -0.461. The van der Waals surface area contributed by atoms with Crippen LogP contribution in [0.3, 0.4) is 0 Å². The first-order valence-corrected chi connectivity index (χ1v) is 14.0. The Morgan fingerprint density at radius 3 is 2.59 bits per heavy atom. The molecule has 0 saturated carbocycles. The number of anilines is 1. The van der Waals surface area contributed by atoms with E-state index in [1.165, 1.54) is 35.2 Å². The van der Waals surface area contributed by atoms with Crippen molar-refractivity contribution in [2.24, 2.45) is 5.92 Å². The summed E-state index contributed by atoms with van der Waals surface area (Å²) in [5, 5.41) is 28.2. The van der Waals surface area contributed by atoms with Crippen molar-refractivity contribution in [2.75, 3.05) is 11.1 Å². The monoisotopic (exact) mass is 565 g/mol. The first-order valence-electron chi connectivity index (χ1n) is 12.2. The minimum Gasteiger partial charge on any atom is -0.342 e. The number of aromatic nitrogens is 4. The van der Waals surface area contributed by atoms with Crippen molar-refractivity contribution in [3.63, 3.8) is 0 Å². The van der Waals surface area contributed by atoms with E-state index >= 15 is 0 Å². The second-order valence-electron chi connectivity index (χ2n) is 8.83. The van der Waals surface area contributed by atoms with Crippen LogP contribution in [0.15, 0.2) is 65.1 Å². The van der Waals surface area contributed by atoms with Gasteiger partial charge in [-0.3, -0.25) is 19.7 Å². The number of amides is 2. The summed E-state index contributed by atoms with van der Waals surface area (Å²) in [6, 6.07) is 14.8. The molecule has 0 unspecified atom stereocenters. The third-order valence-corrected chi connectivity index (χ3v) is 7.49. The number of carbonyl (C=O) groups is 2. The predicted octanol–water partition coefficient (Wildman–Crippen LogP) is 5.19. The van der Waals surface area contributed by atoms with E-state index in [1.54, 1.807) is 29.6 Å². The van der Waals surface area contributed by atoms with Crippen LogP contribution < -0.4 is 10.6 Å². The van der Waals surface area contributed by atoms with Gasteiger partial charge in [-0.25, -0.2) is 4.98 Å². The molecule has 4 rings (SSSR count). The number of nitrogens with one attached hydrogen (secondary N) is 2. The smallest absolute Gasteiger partial charge is 0.270 e. The van der Waals surface area contributed by atoms with Crippen molar-refractivity contribution in [1.82, 2.24) is 25.1 Å². The van der Waals surface area contributed by atoms with E-state index in [1.807, 2.05) is 43.5 Å². The number of hydrogen-bond acceptors (Lipinski definition) is 9. The summed E-state index contributed by atoms with van der Waals surface area (Å²) in [6.45, 7) is 6.52. The van der Waals surface area contributed by atoms with Gasteiger partial charge in [0, 0.05) is 35.2 Å². The average molecular weight is 566 g/mol. The Balaban J connectivity index is 1.40. The SMILES string of the molecule is CCn1c(SCC(=O)Nc2nc(-c3cccc([N+](=O)[O-])c3)cs2)nnc1[C@H](NC(=O)c1ccccc1)C(C)C. The molecule has 2 aromatic carbocycles. The largest absolute Gasteiger partial charge is 0.342 e. The molecule has 0 spiro atoms. The number of thiazole rings is 1. The first kappa shape index (κ1) is 27.9. The van der Waals surface area contributed by atoms with Gasteiger partial charge in [0.25, 0.3) is 11.6 Å². The fourth-order valence-electron chi connectivity index (χ4n) is 3.81. The Kier molecular flexibility index (Phi) is 9.04. The van der Waals surface area contributed by atoms with Crippen LogP contribution in [0, 0.1) is 16.0 Å². The Morgan fingerprint density at radius 2 is 1.90 bits per heavy atom. The van der Waals surface area contributed by atoms with Crippen molar-refractivity contribution < 1.29 is 14.5 Å². The van der Waals surface area contributed by atoms with E-state index in [-0.39, 0.29) is 35.2 Å². The number of nitrogens with zero attached hydrogens (tertiary/aromatic N) is 5. The molecule has 2 amide bonds. The van der Waals surface area contributed by atoms with E-state index in [2.05, 4.69) is 25.8 Å². The normalized spacial score (nSPS) is 11.8. The zero-order chi connectivity index (χ0) is 27.9. The van der Waals surface area contributed by atoms with Crippen LogP contribution in [0.4, 0.5) is 10.8 Å². The number of nitro groups is 1. The molecule has 0 aliphatic heterocycles. The maximum Gasteiger partial charge on any atom is 0.270 e. The lowest BCUT2D eigenvalue weighted by atomic mass is 10.0. The first-order chi connectivity index (χ1) is 18.8. The molecule has 0 bridgehead atoms. The summed E-state index contributed by atoms with van der Waals surface area (Å²) in [5.74, 6) is 0.290. The van der Waals surface area contributed by atoms with Gasteiger partial charge >= 0.3 is 0 Å². The fourth-order valence-corrected chi connectivity index (χ4v) is 5.35. The molecular formula is C26H27N7O4S2. The summed E-state index contributed by atoms with van der Waals surface area (Å²) in [6.07, 6.45) is 0. The highest BCUT2D eigenvalue weighted by molar-refractivity contribution is 7.99. The molecule has 2 aromatic heterocycles. The zero-order valence-electron chi connectivity index (χ0n) is 21.5. The molecule has 4 aromatic rings. The van der Waals surface area contributed by atoms with Gasteiger partial charge < -0.3 is 15.2 Å². The average Bonchev–Trinajstić information content (AvgIpc) is 3.57.